The molecule has 1 aromatic rings. The number of carbonyl (C=O) groups excluding carboxylic acids is 1. The molecule has 1 aromatic carbocycles. The van der Waals surface area contributed by atoms with Crippen molar-refractivity contribution in [1.82, 2.24) is 0 Å². The summed E-state index contributed by atoms with van der Waals surface area (Å²) in [5.41, 5.74) is 0. The zero-order valence-corrected chi connectivity index (χ0v) is 15.4. The molecule has 0 fully saturated rings. The van der Waals surface area contributed by atoms with Crippen molar-refractivity contribution in [3.63, 3.8) is 0 Å². The third-order valence-electron chi connectivity index (χ3n) is 2.84. The molecule has 0 saturated heterocycles. The van der Waals surface area contributed by atoms with Gasteiger partial charge in [-0.25, -0.2) is 0 Å². The number of ether oxygens (including phenoxy) is 1. The maximum Gasteiger partial charge on any atom is 0.311 e. The Bertz CT molecular complexity index is 542. The summed E-state index contributed by atoms with van der Waals surface area (Å²) in [5, 5.41) is 0. The summed E-state index contributed by atoms with van der Waals surface area (Å²) in [7, 11) is -4.39. The molecule has 113 valence electrons. The van der Waals surface area contributed by atoms with Crippen molar-refractivity contribution in [2.24, 2.45) is 0 Å². The van der Waals surface area contributed by atoms with E-state index in [1.165, 1.54) is 18.2 Å². The minimum atomic E-state index is -4.39. The molecule has 0 spiro atoms. The first kappa shape index (κ1) is 20.6. The van der Waals surface area contributed by atoms with E-state index in [2.05, 4.69) is 6.92 Å². The molecule has 0 aliphatic rings. The van der Waals surface area contributed by atoms with Gasteiger partial charge in [0.2, 0.25) is 0 Å². The normalized spacial score (nSPS) is 10.8. The van der Waals surface area contributed by atoms with E-state index in [9.17, 15) is 13.2 Å². The number of carbonyl (C=O) groups is 1. The van der Waals surface area contributed by atoms with Gasteiger partial charge in [-0.3, -0.25) is 9.35 Å². The number of benzene rings is 1. The maximum absolute atomic E-state index is 11.6. The topological polar surface area (TPSA) is 80.7 Å². The van der Waals surface area contributed by atoms with Gasteiger partial charge >= 0.3 is 5.97 Å². The molecule has 1 radical (unpaired) electrons. The fourth-order valence-electron chi connectivity index (χ4n) is 1.79. The third-order valence-corrected chi connectivity index (χ3v) is 3.73. The van der Waals surface area contributed by atoms with Crippen LogP contribution in [0, 0.1) is 0 Å². The van der Waals surface area contributed by atoms with Gasteiger partial charge in [0, 0.05) is 36.0 Å². The van der Waals surface area contributed by atoms with Gasteiger partial charge in [-0.1, -0.05) is 44.7 Å². The second-order valence-corrected chi connectivity index (χ2v) is 5.95. The standard InChI is InChI=1S/C14H20O5S.Na/c1-2-3-4-5-6-11-14(15)19-12-9-7-8-10-13(12)20(16,17)18;/h7-10H,2-6,11H2,1H3,(H,16,17,18);. The molecule has 0 aliphatic carbocycles. The molecule has 0 saturated carbocycles. The van der Waals surface area contributed by atoms with E-state index in [4.69, 9.17) is 9.29 Å². The van der Waals surface area contributed by atoms with Gasteiger partial charge < -0.3 is 4.74 Å². The van der Waals surface area contributed by atoms with E-state index >= 15 is 0 Å². The molecule has 0 atom stereocenters. The molecule has 0 bridgehead atoms. The van der Waals surface area contributed by atoms with Gasteiger partial charge in [0.25, 0.3) is 10.1 Å². The van der Waals surface area contributed by atoms with Crippen LogP contribution >= 0.6 is 0 Å². The van der Waals surface area contributed by atoms with Crippen LogP contribution in [0.5, 0.6) is 5.75 Å². The van der Waals surface area contributed by atoms with Crippen molar-refractivity contribution < 1.29 is 22.5 Å². The Morgan fingerprint density at radius 1 is 1.14 bits per heavy atom. The molecular formula is C14H20NaO5S. The van der Waals surface area contributed by atoms with Gasteiger partial charge in [-0.05, 0) is 18.6 Å². The van der Waals surface area contributed by atoms with Crippen LogP contribution in [0.25, 0.3) is 0 Å². The summed E-state index contributed by atoms with van der Waals surface area (Å²) in [6.07, 6.45) is 5.25. The maximum atomic E-state index is 11.6. The van der Waals surface area contributed by atoms with Crippen LogP contribution in [-0.4, -0.2) is 48.5 Å². The molecule has 0 aromatic heterocycles. The zero-order valence-electron chi connectivity index (χ0n) is 12.5. The van der Waals surface area contributed by atoms with Crippen LogP contribution in [0.15, 0.2) is 29.2 Å². The van der Waals surface area contributed by atoms with E-state index in [1.807, 2.05) is 0 Å². The molecule has 1 rings (SSSR count). The van der Waals surface area contributed by atoms with Crippen molar-refractivity contribution in [3.05, 3.63) is 24.3 Å². The van der Waals surface area contributed by atoms with Crippen LogP contribution in [0.3, 0.4) is 0 Å². The summed E-state index contributed by atoms with van der Waals surface area (Å²) in [4.78, 5) is 11.2. The second kappa shape index (κ2) is 10.3. The zero-order chi connectivity index (χ0) is 15.0. The molecule has 5 nitrogen and oxygen atoms in total. The average Bonchev–Trinajstić information content (AvgIpc) is 2.38. The van der Waals surface area contributed by atoms with E-state index in [0.717, 1.165) is 25.7 Å². The average molecular weight is 323 g/mol. The first-order valence-corrected chi connectivity index (χ1v) is 8.16. The number of para-hydroxylation sites is 1. The van der Waals surface area contributed by atoms with Crippen molar-refractivity contribution >= 4 is 45.6 Å². The Morgan fingerprint density at radius 3 is 2.38 bits per heavy atom. The fourth-order valence-corrected chi connectivity index (χ4v) is 2.41. The van der Waals surface area contributed by atoms with Gasteiger partial charge in [-0.15, -0.1) is 0 Å². The van der Waals surface area contributed by atoms with E-state index in [-0.39, 0.29) is 46.6 Å². The quantitative estimate of drug-likeness (QED) is 0.262. The Kier molecular flexibility index (Phi) is 10.1. The molecule has 7 heteroatoms. The van der Waals surface area contributed by atoms with Gasteiger partial charge in [-0.2, -0.15) is 8.42 Å². The van der Waals surface area contributed by atoms with Crippen LogP contribution in [-0.2, 0) is 14.9 Å². The molecule has 0 aliphatic heterocycles. The van der Waals surface area contributed by atoms with Crippen LogP contribution < -0.4 is 4.74 Å². The minimum Gasteiger partial charge on any atom is -0.425 e. The SMILES string of the molecule is CCCCCCCC(=O)Oc1ccccc1S(=O)(=O)O.[Na]. The van der Waals surface area contributed by atoms with E-state index in [1.54, 1.807) is 6.07 Å². The first-order chi connectivity index (χ1) is 9.45. The summed E-state index contributed by atoms with van der Waals surface area (Å²) in [6, 6.07) is 5.53. The molecule has 0 heterocycles. The first-order valence-electron chi connectivity index (χ1n) is 6.72. The predicted octanol–water partition coefficient (Wildman–Crippen LogP) is 2.82. The van der Waals surface area contributed by atoms with Crippen LogP contribution in [0.1, 0.15) is 45.4 Å². The third kappa shape index (κ3) is 7.97. The smallest absolute Gasteiger partial charge is 0.311 e. The largest absolute Gasteiger partial charge is 0.425 e. The van der Waals surface area contributed by atoms with Crippen LogP contribution in [0.4, 0.5) is 0 Å². The minimum absolute atomic E-state index is 0. The number of esters is 1. The summed E-state index contributed by atoms with van der Waals surface area (Å²) < 4.78 is 36.3. The second-order valence-electron chi connectivity index (χ2n) is 4.56. The number of hydrogen-bond donors (Lipinski definition) is 1. The van der Waals surface area contributed by atoms with Gasteiger partial charge in [0.15, 0.2) is 5.75 Å². The van der Waals surface area contributed by atoms with E-state index in [0.29, 0.717) is 6.42 Å². The molecular weight excluding hydrogens is 303 g/mol. The number of hydrogen-bond acceptors (Lipinski definition) is 4. The van der Waals surface area contributed by atoms with Crippen molar-refractivity contribution in [2.75, 3.05) is 0 Å². The van der Waals surface area contributed by atoms with Crippen molar-refractivity contribution in [2.45, 2.75) is 50.3 Å². The van der Waals surface area contributed by atoms with Crippen molar-refractivity contribution in [3.8, 4) is 5.75 Å². The Hall–Kier alpha value is -0.400. The Balaban J connectivity index is 0.00000400. The predicted molar refractivity (Wildman–Crippen MR) is 81.0 cm³/mol. The molecule has 0 amide bonds. The fraction of sp³-hybridized carbons (Fsp3) is 0.500. The summed E-state index contributed by atoms with van der Waals surface area (Å²) in [6.45, 7) is 2.11. The monoisotopic (exact) mass is 323 g/mol. The van der Waals surface area contributed by atoms with Gasteiger partial charge in [0.05, 0.1) is 0 Å². The Labute approximate surface area is 148 Å². The molecule has 0 unspecified atom stereocenters. The molecule has 1 N–H and O–H groups in total. The molecule has 21 heavy (non-hydrogen) atoms. The van der Waals surface area contributed by atoms with Crippen LogP contribution in [0.2, 0.25) is 0 Å². The number of unbranched alkanes of at least 4 members (excludes halogenated alkanes) is 4. The Morgan fingerprint density at radius 2 is 1.76 bits per heavy atom. The summed E-state index contributed by atoms with van der Waals surface area (Å²) >= 11 is 0. The number of rotatable bonds is 8. The summed E-state index contributed by atoms with van der Waals surface area (Å²) in [5.74, 6) is -0.619. The van der Waals surface area contributed by atoms with Crippen molar-refractivity contribution in [1.29, 1.82) is 0 Å². The van der Waals surface area contributed by atoms with Gasteiger partial charge in [0.1, 0.15) is 4.90 Å². The van der Waals surface area contributed by atoms with E-state index < -0.39 is 16.1 Å².